The van der Waals surface area contributed by atoms with E-state index < -0.39 is 0 Å². The molecule has 0 saturated heterocycles. The van der Waals surface area contributed by atoms with Gasteiger partial charge in [-0.05, 0) is 82.8 Å². The number of carbonyl (C=O) groups is 1. The monoisotopic (exact) mass is 405 g/mol. The maximum absolute atomic E-state index is 12.7. The van der Waals surface area contributed by atoms with Crippen molar-refractivity contribution in [3.05, 3.63) is 23.8 Å². The highest BCUT2D eigenvalue weighted by atomic mass is 16.5. The highest BCUT2D eigenvalue weighted by Gasteiger charge is 2.27. The molecule has 0 bridgehead atoms. The van der Waals surface area contributed by atoms with Gasteiger partial charge < -0.3 is 25.0 Å². The van der Waals surface area contributed by atoms with Crippen LogP contribution in [0.4, 0.5) is 10.5 Å². The number of hydrogen-bond acceptors (Lipinski definition) is 4. The Kier molecular flexibility index (Phi) is 10.3. The first-order valence-electron chi connectivity index (χ1n) is 11.0. The first-order valence-corrected chi connectivity index (χ1v) is 11.0. The molecule has 1 aliphatic carbocycles. The van der Waals surface area contributed by atoms with Crippen LogP contribution >= 0.6 is 0 Å². The van der Waals surface area contributed by atoms with Gasteiger partial charge in [0.25, 0.3) is 0 Å². The molecule has 164 valence electrons. The number of aryl methyl sites for hydroxylation is 1. The van der Waals surface area contributed by atoms with Crippen LogP contribution in [0, 0.1) is 6.92 Å². The zero-order valence-electron chi connectivity index (χ0n) is 18.6. The molecule has 0 aliphatic heterocycles. The number of carbonyl (C=O) groups excluding carboxylic acids is 1. The molecule has 0 heterocycles. The Balaban J connectivity index is 1.67. The van der Waals surface area contributed by atoms with E-state index in [1.165, 1.54) is 19.3 Å². The van der Waals surface area contributed by atoms with Gasteiger partial charge >= 0.3 is 6.03 Å². The molecular weight excluding hydrogens is 366 g/mol. The molecule has 1 saturated carbocycles. The van der Waals surface area contributed by atoms with Crippen LogP contribution in [-0.4, -0.2) is 57.4 Å². The predicted octanol–water partition coefficient (Wildman–Crippen LogP) is 4.57. The lowest BCUT2D eigenvalue weighted by atomic mass is 9.92. The molecule has 1 aromatic rings. The zero-order chi connectivity index (χ0) is 21.1. The number of anilines is 1. The van der Waals surface area contributed by atoms with E-state index in [2.05, 4.69) is 10.6 Å². The molecule has 1 aromatic carbocycles. The Labute approximate surface area is 176 Å². The van der Waals surface area contributed by atoms with Gasteiger partial charge in [0.2, 0.25) is 0 Å². The van der Waals surface area contributed by atoms with Crippen molar-refractivity contribution in [3.8, 4) is 5.75 Å². The summed E-state index contributed by atoms with van der Waals surface area (Å²) in [5.74, 6) is 0.796. The molecule has 0 radical (unpaired) electrons. The van der Waals surface area contributed by atoms with Gasteiger partial charge in [-0.3, -0.25) is 0 Å². The van der Waals surface area contributed by atoms with E-state index in [1.807, 2.05) is 44.1 Å². The SMILES string of the molecule is CNCCCCCCO[C@H]1CC[C@H](N(C)C(=O)Nc2ccc(OC)cc2C)CC1. The number of amides is 2. The van der Waals surface area contributed by atoms with Crippen LogP contribution < -0.4 is 15.4 Å². The Hall–Kier alpha value is -1.79. The topological polar surface area (TPSA) is 62.8 Å². The Morgan fingerprint density at radius 1 is 1.14 bits per heavy atom. The minimum absolute atomic E-state index is 0.0517. The Bertz CT molecular complexity index is 615. The fourth-order valence-corrected chi connectivity index (χ4v) is 3.88. The average molecular weight is 406 g/mol. The summed E-state index contributed by atoms with van der Waals surface area (Å²) in [7, 11) is 5.54. The number of benzene rings is 1. The Morgan fingerprint density at radius 3 is 2.52 bits per heavy atom. The van der Waals surface area contributed by atoms with Crippen LogP contribution in [0.25, 0.3) is 0 Å². The number of methoxy groups -OCH3 is 1. The molecule has 1 fully saturated rings. The summed E-state index contributed by atoms with van der Waals surface area (Å²) >= 11 is 0. The van der Waals surface area contributed by atoms with Crippen molar-refractivity contribution in [2.24, 2.45) is 0 Å². The zero-order valence-corrected chi connectivity index (χ0v) is 18.6. The maximum atomic E-state index is 12.7. The second-order valence-corrected chi connectivity index (χ2v) is 8.04. The van der Waals surface area contributed by atoms with E-state index in [0.29, 0.717) is 6.10 Å². The van der Waals surface area contributed by atoms with Crippen LogP contribution in [-0.2, 0) is 4.74 Å². The third kappa shape index (κ3) is 7.86. The molecule has 0 spiro atoms. The van der Waals surface area contributed by atoms with Crippen molar-refractivity contribution < 1.29 is 14.3 Å². The largest absolute Gasteiger partial charge is 0.497 e. The lowest BCUT2D eigenvalue weighted by Gasteiger charge is -2.34. The van der Waals surface area contributed by atoms with E-state index >= 15 is 0 Å². The van der Waals surface area contributed by atoms with Gasteiger partial charge in [0.15, 0.2) is 0 Å². The fourth-order valence-electron chi connectivity index (χ4n) is 3.88. The molecule has 0 atom stereocenters. The van der Waals surface area contributed by atoms with E-state index in [1.54, 1.807) is 7.11 Å². The van der Waals surface area contributed by atoms with E-state index in [4.69, 9.17) is 9.47 Å². The first kappa shape index (κ1) is 23.5. The molecule has 6 nitrogen and oxygen atoms in total. The summed E-state index contributed by atoms with van der Waals surface area (Å²) in [6.45, 7) is 3.94. The lowest BCUT2D eigenvalue weighted by Crippen LogP contribution is -2.42. The summed E-state index contributed by atoms with van der Waals surface area (Å²) in [6, 6.07) is 5.91. The Morgan fingerprint density at radius 2 is 1.86 bits per heavy atom. The van der Waals surface area contributed by atoms with Crippen LogP contribution in [0.2, 0.25) is 0 Å². The third-order valence-corrected chi connectivity index (χ3v) is 5.86. The standard InChI is InChI=1S/C23H39N3O3/c1-18-17-21(28-4)13-14-22(18)25-23(27)26(3)19-9-11-20(12-10-19)29-16-8-6-5-7-15-24-2/h13-14,17,19-20,24H,5-12,15-16H2,1-4H3,(H,25,27)/t19-,20-. The number of hydrogen-bond donors (Lipinski definition) is 2. The van der Waals surface area contributed by atoms with Crippen LogP contribution in [0.15, 0.2) is 18.2 Å². The van der Waals surface area contributed by atoms with Crippen molar-refractivity contribution in [3.63, 3.8) is 0 Å². The lowest BCUT2D eigenvalue weighted by molar-refractivity contribution is 0.0131. The smallest absolute Gasteiger partial charge is 0.321 e. The second-order valence-electron chi connectivity index (χ2n) is 8.04. The second kappa shape index (κ2) is 12.7. The van der Waals surface area contributed by atoms with Gasteiger partial charge in [0, 0.05) is 25.4 Å². The summed E-state index contributed by atoms with van der Waals surface area (Å²) in [6.07, 6.45) is 9.31. The third-order valence-electron chi connectivity index (χ3n) is 5.86. The van der Waals surface area contributed by atoms with Crippen molar-refractivity contribution in [1.82, 2.24) is 10.2 Å². The van der Waals surface area contributed by atoms with Gasteiger partial charge in [-0.1, -0.05) is 12.8 Å². The number of urea groups is 1. The number of nitrogens with zero attached hydrogens (tertiary/aromatic N) is 1. The molecule has 1 aliphatic rings. The summed E-state index contributed by atoms with van der Waals surface area (Å²) in [5, 5.41) is 6.21. The minimum Gasteiger partial charge on any atom is -0.497 e. The molecule has 29 heavy (non-hydrogen) atoms. The molecule has 2 N–H and O–H groups in total. The summed E-state index contributed by atoms with van der Waals surface area (Å²) in [4.78, 5) is 14.5. The van der Waals surface area contributed by atoms with E-state index in [-0.39, 0.29) is 12.1 Å². The van der Waals surface area contributed by atoms with Gasteiger partial charge in [-0.2, -0.15) is 0 Å². The van der Waals surface area contributed by atoms with Crippen LogP contribution in [0.3, 0.4) is 0 Å². The van der Waals surface area contributed by atoms with Crippen LogP contribution in [0.1, 0.15) is 56.9 Å². The van der Waals surface area contributed by atoms with Crippen molar-refractivity contribution >= 4 is 11.7 Å². The van der Waals surface area contributed by atoms with Gasteiger partial charge in [0.05, 0.1) is 13.2 Å². The molecular formula is C23H39N3O3. The number of unbranched alkanes of at least 4 members (excludes halogenated alkanes) is 3. The quantitative estimate of drug-likeness (QED) is 0.529. The molecule has 2 rings (SSSR count). The van der Waals surface area contributed by atoms with Gasteiger partial charge in [-0.15, -0.1) is 0 Å². The fraction of sp³-hybridized carbons (Fsp3) is 0.696. The van der Waals surface area contributed by atoms with Crippen molar-refractivity contribution in [1.29, 1.82) is 0 Å². The van der Waals surface area contributed by atoms with E-state index in [0.717, 1.165) is 62.3 Å². The van der Waals surface area contributed by atoms with Crippen molar-refractivity contribution in [2.45, 2.75) is 70.4 Å². The number of rotatable bonds is 11. The van der Waals surface area contributed by atoms with Crippen molar-refractivity contribution in [2.75, 3.05) is 39.7 Å². The van der Waals surface area contributed by atoms with Crippen LogP contribution in [0.5, 0.6) is 5.75 Å². The molecule has 0 unspecified atom stereocenters. The number of nitrogens with one attached hydrogen (secondary N) is 2. The summed E-state index contributed by atoms with van der Waals surface area (Å²) < 4.78 is 11.3. The molecule has 0 aromatic heterocycles. The normalized spacial score (nSPS) is 19.0. The summed E-state index contributed by atoms with van der Waals surface area (Å²) in [5.41, 5.74) is 1.82. The minimum atomic E-state index is -0.0517. The average Bonchev–Trinajstić information content (AvgIpc) is 2.74. The maximum Gasteiger partial charge on any atom is 0.321 e. The van der Waals surface area contributed by atoms with Gasteiger partial charge in [0.1, 0.15) is 5.75 Å². The predicted molar refractivity (Wildman–Crippen MR) is 119 cm³/mol. The first-order chi connectivity index (χ1) is 14.0. The number of ether oxygens (including phenoxy) is 2. The highest BCUT2D eigenvalue weighted by molar-refractivity contribution is 5.90. The molecule has 6 heteroatoms. The van der Waals surface area contributed by atoms with E-state index in [9.17, 15) is 4.79 Å². The molecule has 2 amide bonds. The van der Waals surface area contributed by atoms with Gasteiger partial charge in [-0.25, -0.2) is 4.79 Å². The highest BCUT2D eigenvalue weighted by Crippen LogP contribution is 2.26.